The molecule has 0 radical (unpaired) electrons. The third-order valence-electron chi connectivity index (χ3n) is 4.94. The molecule has 2 aromatic heterocycles. The van der Waals surface area contributed by atoms with Crippen molar-refractivity contribution in [3.8, 4) is 0 Å². The van der Waals surface area contributed by atoms with Crippen LogP contribution in [-0.2, 0) is 13.6 Å². The Bertz CT molecular complexity index is 884. The average molecular weight is 350 g/mol. The topological polar surface area (TPSA) is 68.8 Å². The predicted molar refractivity (Wildman–Crippen MR) is 96.4 cm³/mol. The summed E-state index contributed by atoms with van der Waals surface area (Å²) in [4.78, 5) is 15.0. The molecule has 7 nitrogen and oxygen atoms in total. The van der Waals surface area contributed by atoms with E-state index in [2.05, 4.69) is 32.0 Å². The van der Waals surface area contributed by atoms with Gasteiger partial charge in [-0.3, -0.25) is 9.48 Å². The number of nitrogens with zero attached hydrogens (tertiary/aromatic N) is 6. The van der Waals surface area contributed by atoms with Gasteiger partial charge in [0.1, 0.15) is 12.0 Å². The third-order valence-corrected chi connectivity index (χ3v) is 4.94. The summed E-state index contributed by atoms with van der Waals surface area (Å²) in [6, 6.07) is 11.9. The Kier molecular flexibility index (Phi) is 4.51. The number of likely N-dealkylation sites (tertiary alicyclic amines) is 1. The summed E-state index contributed by atoms with van der Waals surface area (Å²) in [5.74, 6) is 0.855. The number of hydrogen-bond acceptors (Lipinski definition) is 4. The first-order chi connectivity index (χ1) is 12.7. The Balaban J connectivity index is 1.62. The molecule has 0 bridgehead atoms. The van der Waals surface area contributed by atoms with E-state index in [0.717, 1.165) is 31.6 Å². The summed E-state index contributed by atoms with van der Waals surface area (Å²) in [5.41, 5.74) is 1.79. The zero-order chi connectivity index (χ0) is 17.9. The molecule has 0 saturated carbocycles. The molecule has 1 saturated heterocycles. The average Bonchev–Trinajstić information content (AvgIpc) is 3.31. The minimum Gasteiger partial charge on any atom is -0.327 e. The van der Waals surface area contributed by atoms with Crippen LogP contribution < -0.4 is 0 Å². The molecular formula is C19H22N6O. The van der Waals surface area contributed by atoms with Crippen molar-refractivity contribution in [2.24, 2.45) is 7.05 Å². The fourth-order valence-electron chi connectivity index (χ4n) is 3.60. The van der Waals surface area contributed by atoms with Gasteiger partial charge in [0.2, 0.25) is 0 Å². The lowest BCUT2D eigenvalue weighted by atomic mass is 10.0. The van der Waals surface area contributed by atoms with Crippen molar-refractivity contribution in [3.63, 3.8) is 0 Å². The maximum Gasteiger partial charge on any atom is 0.272 e. The Hall–Kier alpha value is -2.96. The van der Waals surface area contributed by atoms with Crippen molar-refractivity contribution in [3.05, 3.63) is 66.0 Å². The van der Waals surface area contributed by atoms with Gasteiger partial charge in [-0.25, -0.2) is 0 Å². The lowest BCUT2D eigenvalue weighted by molar-refractivity contribution is 0.0583. The van der Waals surface area contributed by atoms with E-state index in [0.29, 0.717) is 12.2 Å². The Morgan fingerprint density at radius 3 is 2.81 bits per heavy atom. The number of aromatic nitrogens is 5. The van der Waals surface area contributed by atoms with Crippen molar-refractivity contribution < 1.29 is 4.79 Å². The SMILES string of the molecule is Cn1nccc1C(=O)N1CCCCC1c1nncn1Cc1ccccc1. The van der Waals surface area contributed by atoms with E-state index in [1.165, 1.54) is 5.56 Å². The molecular weight excluding hydrogens is 328 g/mol. The quantitative estimate of drug-likeness (QED) is 0.725. The minimum atomic E-state index is -0.0580. The van der Waals surface area contributed by atoms with Crippen LogP contribution in [-0.4, -0.2) is 41.9 Å². The summed E-state index contributed by atoms with van der Waals surface area (Å²) in [5, 5.41) is 12.6. The number of piperidine rings is 1. The number of hydrogen-bond donors (Lipinski definition) is 0. The van der Waals surface area contributed by atoms with Crippen LogP contribution in [0.2, 0.25) is 0 Å². The summed E-state index contributed by atoms with van der Waals surface area (Å²) in [6.45, 7) is 1.43. The third kappa shape index (κ3) is 3.12. The fourth-order valence-corrected chi connectivity index (χ4v) is 3.60. The van der Waals surface area contributed by atoms with Crippen LogP contribution in [0, 0.1) is 0 Å². The molecule has 134 valence electrons. The van der Waals surface area contributed by atoms with Crippen LogP contribution in [0.4, 0.5) is 0 Å². The highest BCUT2D eigenvalue weighted by molar-refractivity contribution is 5.92. The fraction of sp³-hybridized carbons (Fsp3) is 0.368. The van der Waals surface area contributed by atoms with E-state index in [4.69, 9.17) is 0 Å². The van der Waals surface area contributed by atoms with E-state index in [9.17, 15) is 4.79 Å². The van der Waals surface area contributed by atoms with Crippen LogP contribution >= 0.6 is 0 Å². The van der Waals surface area contributed by atoms with Crippen molar-refractivity contribution in [1.29, 1.82) is 0 Å². The second-order valence-corrected chi connectivity index (χ2v) is 6.65. The van der Waals surface area contributed by atoms with Crippen LogP contribution in [0.25, 0.3) is 0 Å². The molecule has 4 rings (SSSR count). The number of carbonyl (C=O) groups excluding carboxylic acids is 1. The van der Waals surface area contributed by atoms with Crippen LogP contribution in [0.1, 0.15) is 47.2 Å². The zero-order valence-corrected chi connectivity index (χ0v) is 14.8. The largest absolute Gasteiger partial charge is 0.327 e. The van der Waals surface area contributed by atoms with Gasteiger partial charge in [-0.15, -0.1) is 10.2 Å². The van der Waals surface area contributed by atoms with Crippen LogP contribution in [0.15, 0.2) is 48.9 Å². The summed E-state index contributed by atoms with van der Waals surface area (Å²) in [6.07, 6.45) is 6.40. The van der Waals surface area contributed by atoms with Gasteiger partial charge >= 0.3 is 0 Å². The van der Waals surface area contributed by atoms with Gasteiger partial charge in [-0.05, 0) is 30.9 Å². The van der Waals surface area contributed by atoms with E-state index in [-0.39, 0.29) is 11.9 Å². The van der Waals surface area contributed by atoms with Crippen molar-refractivity contribution in [1.82, 2.24) is 29.4 Å². The van der Waals surface area contributed by atoms with Gasteiger partial charge < -0.3 is 9.47 Å². The van der Waals surface area contributed by atoms with E-state index in [1.807, 2.05) is 23.1 Å². The molecule has 7 heteroatoms. The van der Waals surface area contributed by atoms with Gasteiger partial charge in [0.15, 0.2) is 5.82 Å². The molecule has 3 heterocycles. The molecule has 1 atom stereocenters. The molecule has 1 aliphatic rings. The predicted octanol–water partition coefficient (Wildman–Crippen LogP) is 2.43. The summed E-state index contributed by atoms with van der Waals surface area (Å²) < 4.78 is 3.68. The highest BCUT2D eigenvalue weighted by atomic mass is 16.2. The van der Waals surface area contributed by atoms with Gasteiger partial charge in [-0.1, -0.05) is 30.3 Å². The number of amides is 1. The van der Waals surface area contributed by atoms with Crippen molar-refractivity contribution in [2.45, 2.75) is 31.8 Å². The molecule has 1 unspecified atom stereocenters. The van der Waals surface area contributed by atoms with E-state index in [1.54, 1.807) is 30.3 Å². The maximum atomic E-state index is 13.1. The summed E-state index contributed by atoms with van der Waals surface area (Å²) in [7, 11) is 1.80. The molecule has 1 aromatic carbocycles. The minimum absolute atomic E-state index is 0.00367. The highest BCUT2D eigenvalue weighted by Gasteiger charge is 2.33. The zero-order valence-electron chi connectivity index (χ0n) is 14.8. The lowest BCUT2D eigenvalue weighted by Gasteiger charge is -2.35. The van der Waals surface area contributed by atoms with Gasteiger partial charge in [0.05, 0.1) is 12.6 Å². The van der Waals surface area contributed by atoms with E-state index < -0.39 is 0 Å². The Labute approximate surface area is 152 Å². The maximum absolute atomic E-state index is 13.1. The molecule has 3 aromatic rings. The first kappa shape index (κ1) is 16.5. The Morgan fingerprint density at radius 1 is 1.19 bits per heavy atom. The van der Waals surface area contributed by atoms with Gasteiger partial charge in [-0.2, -0.15) is 5.10 Å². The van der Waals surface area contributed by atoms with Crippen molar-refractivity contribution in [2.75, 3.05) is 6.54 Å². The molecule has 0 spiro atoms. The van der Waals surface area contributed by atoms with Crippen LogP contribution in [0.3, 0.4) is 0 Å². The van der Waals surface area contributed by atoms with E-state index >= 15 is 0 Å². The number of rotatable bonds is 4. The molecule has 0 N–H and O–H groups in total. The Morgan fingerprint density at radius 2 is 2.04 bits per heavy atom. The molecule has 1 amide bonds. The molecule has 1 fully saturated rings. The van der Waals surface area contributed by atoms with Gasteiger partial charge in [0, 0.05) is 19.8 Å². The van der Waals surface area contributed by atoms with Crippen LogP contribution in [0.5, 0.6) is 0 Å². The number of carbonyl (C=O) groups is 1. The number of aryl methyl sites for hydroxylation is 1. The first-order valence-corrected chi connectivity index (χ1v) is 8.94. The first-order valence-electron chi connectivity index (χ1n) is 8.94. The second kappa shape index (κ2) is 7.11. The molecule has 0 aliphatic carbocycles. The molecule has 26 heavy (non-hydrogen) atoms. The second-order valence-electron chi connectivity index (χ2n) is 6.65. The summed E-state index contributed by atoms with van der Waals surface area (Å²) >= 11 is 0. The lowest BCUT2D eigenvalue weighted by Crippen LogP contribution is -2.40. The monoisotopic (exact) mass is 350 g/mol. The standard InChI is InChI=1S/C19H22N6O/c1-23-17(10-11-21-23)19(26)25-12-6-5-9-16(25)18-22-20-14-24(18)13-15-7-3-2-4-8-15/h2-4,7-8,10-11,14,16H,5-6,9,12-13H2,1H3. The molecule has 1 aliphatic heterocycles. The smallest absolute Gasteiger partial charge is 0.272 e. The normalized spacial score (nSPS) is 17.4. The van der Waals surface area contributed by atoms with Crippen molar-refractivity contribution >= 4 is 5.91 Å². The highest BCUT2D eigenvalue weighted by Crippen LogP contribution is 2.31. The number of benzene rings is 1. The van der Waals surface area contributed by atoms with Gasteiger partial charge in [0.25, 0.3) is 5.91 Å².